The van der Waals surface area contributed by atoms with Gasteiger partial charge in [0.25, 0.3) is 0 Å². The molecule has 0 fully saturated rings. The van der Waals surface area contributed by atoms with Crippen molar-refractivity contribution in [1.29, 1.82) is 0 Å². The second-order valence-corrected chi connectivity index (χ2v) is 7.18. The number of benzene rings is 2. The zero-order chi connectivity index (χ0) is 21.8. The molecule has 0 saturated heterocycles. The maximum atomic E-state index is 9.99. The second kappa shape index (κ2) is 8.87. The summed E-state index contributed by atoms with van der Waals surface area (Å²) >= 11 is 0. The average Bonchev–Trinajstić information content (AvgIpc) is 3.45. The monoisotopic (exact) mass is 419 g/mol. The van der Waals surface area contributed by atoms with Gasteiger partial charge in [-0.25, -0.2) is 4.98 Å². The van der Waals surface area contributed by atoms with Crippen LogP contribution in [0.3, 0.4) is 0 Å². The van der Waals surface area contributed by atoms with E-state index in [0.29, 0.717) is 11.5 Å². The third kappa shape index (κ3) is 4.21. The van der Waals surface area contributed by atoms with E-state index >= 15 is 0 Å². The molecule has 0 atom stereocenters. The molecule has 0 spiro atoms. The maximum absolute atomic E-state index is 9.99. The Kier molecular flexibility index (Phi) is 5.84. The molecule has 2 aromatic heterocycles. The van der Waals surface area contributed by atoms with Crippen molar-refractivity contribution in [3.8, 4) is 45.5 Å². The van der Waals surface area contributed by atoms with Crippen molar-refractivity contribution in [3.05, 3.63) is 67.3 Å². The van der Waals surface area contributed by atoms with Gasteiger partial charge in [-0.3, -0.25) is 0 Å². The Morgan fingerprint density at radius 2 is 1.39 bits per heavy atom. The van der Waals surface area contributed by atoms with Gasteiger partial charge in [-0.1, -0.05) is 0 Å². The predicted molar refractivity (Wildman–Crippen MR) is 119 cm³/mol. The third-order valence-corrected chi connectivity index (χ3v) is 5.29. The smallest absolute Gasteiger partial charge is 0.161 e. The van der Waals surface area contributed by atoms with Crippen molar-refractivity contribution in [1.82, 2.24) is 14.1 Å². The fourth-order valence-corrected chi connectivity index (χ4v) is 3.72. The minimum Gasteiger partial charge on any atom is -0.504 e. The second-order valence-electron chi connectivity index (χ2n) is 7.18. The van der Waals surface area contributed by atoms with Crippen LogP contribution in [0.2, 0.25) is 0 Å². The summed E-state index contributed by atoms with van der Waals surface area (Å²) in [6, 6.07) is 14.8. The summed E-state index contributed by atoms with van der Waals surface area (Å²) in [5.41, 5.74) is 3.89. The van der Waals surface area contributed by atoms with Crippen molar-refractivity contribution in [2.45, 2.75) is 19.5 Å². The molecular formula is C24H25N3O4. The Hall–Kier alpha value is -3.87. The summed E-state index contributed by atoms with van der Waals surface area (Å²) in [5, 5.41) is 20.0. The summed E-state index contributed by atoms with van der Waals surface area (Å²) < 4.78 is 14.9. The fourth-order valence-electron chi connectivity index (χ4n) is 3.72. The minimum atomic E-state index is 0.105. The van der Waals surface area contributed by atoms with Crippen LogP contribution >= 0.6 is 0 Å². The van der Waals surface area contributed by atoms with Gasteiger partial charge in [-0.15, -0.1) is 0 Å². The van der Waals surface area contributed by atoms with Crippen molar-refractivity contribution in [2.24, 2.45) is 0 Å². The highest BCUT2D eigenvalue weighted by Crippen LogP contribution is 2.37. The molecule has 0 aliphatic rings. The molecule has 2 heterocycles. The SMILES string of the molecule is COc1cc(-c2ccc(-c3ccc(O)c(OC)c3)n2CCCn2ccnc2)ccc1O. The van der Waals surface area contributed by atoms with Crippen LogP contribution in [-0.4, -0.2) is 38.6 Å². The standard InChI is InChI=1S/C24H25N3O4/c1-30-23-14-17(4-8-21(23)28)19-6-7-20(18-5-9-22(29)24(15-18)31-2)27(19)12-3-11-26-13-10-25-16-26/h4-10,13-16,28-29H,3,11-12H2,1-2H3. The lowest BCUT2D eigenvalue weighted by Gasteiger charge is -2.16. The number of hydrogen-bond acceptors (Lipinski definition) is 5. The topological polar surface area (TPSA) is 81.7 Å². The molecule has 0 radical (unpaired) electrons. The van der Waals surface area contributed by atoms with Crippen LogP contribution in [0.25, 0.3) is 22.5 Å². The molecule has 4 aromatic rings. The highest BCUT2D eigenvalue weighted by molar-refractivity contribution is 5.72. The van der Waals surface area contributed by atoms with Gasteiger partial charge in [0.05, 0.1) is 20.5 Å². The first kappa shape index (κ1) is 20.4. The number of rotatable bonds is 8. The minimum absolute atomic E-state index is 0.105. The molecule has 31 heavy (non-hydrogen) atoms. The number of aryl methyl sites for hydroxylation is 1. The normalized spacial score (nSPS) is 10.9. The molecule has 2 aromatic carbocycles. The van der Waals surface area contributed by atoms with E-state index in [1.165, 1.54) is 14.2 Å². The Labute approximate surface area is 180 Å². The highest BCUT2D eigenvalue weighted by atomic mass is 16.5. The van der Waals surface area contributed by atoms with E-state index in [9.17, 15) is 10.2 Å². The van der Waals surface area contributed by atoms with Gasteiger partial charge in [0.15, 0.2) is 23.0 Å². The van der Waals surface area contributed by atoms with Gasteiger partial charge in [-0.05, 0) is 55.0 Å². The predicted octanol–water partition coefficient (Wildman–Crippen LogP) is 4.54. The van der Waals surface area contributed by atoms with Crippen molar-refractivity contribution in [2.75, 3.05) is 14.2 Å². The fraction of sp³-hybridized carbons (Fsp3) is 0.208. The van der Waals surface area contributed by atoms with Crippen LogP contribution in [0.1, 0.15) is 6.42 Å². The van der Waals surface area contributed by atoms with Crippen molar-refractivity contribution in [3.63, 3.8) is 0 Å². The quantitative estimate of drug-likeness (QED) is 0.438. The first-order chi connectivity index (χ1) is 15.1. The maximum Gasteiger partial charge on any atom is 0.161 e. The molecule has 0 amide bonds. The zero-order valence-electron chi connectivity index (χ0n) is 17.5. The number of phenols is 2. The van der Waals surface area contributed by atoms with Crippen LogP contribution in [0.5, 0.6) is 23.0 Å². The number of methoxy groups -OCH3 is 2. The van der Waals surface area contributed by atoms with E-state index in [0.717, 1.165) is 42.0 Å². The molecule has 160 valence electrons. The van der Waals surface area contributed by atoms with Crippen LogP contribution in [0.15, 0.2) is 67.3 Å². The first-order valence-electron chi connectivity index (χ1n) is 10.0. The Morgan fingerprint density at radius 1 is 0.806 bits per heavy atom. The zero-order valence-corrected chi connectivity index (χ0v) is 17.5. The number of aromatic nitrogens is 3. The molecule has 0 saturated carbocycles. The number of phenolic OH excluding ortho intramolecular Hbond substituents is 2. The lowest BCUT2D eigenvalue weighted by atomic mass is 10.1. The molecule has 0 aliphatic heterocycles. The van der Waals surface area contributed by atoms with Gasteiger partial charge in [0, 0.05) is 48.0 Å². The van der Waals surface area contributed by atoms with Gasteiger partial charge in [0.1, 0.15) is 0 Å². The molecule has 0 bridgehead atoms. The summed E-state index contributed by atoms with van der Waals surface area (Å²) in [7, 11) is 3.08. The summed E-state index contributed by atoms with van der Waals surface area (Å²) in [6.07, 6.45) is 6.44. The molecule has 7 heteroatoms. The largest absolute Gasteiger partial charge is 0.504 e. The number of hydrogen-bond donors (Lipinski definition) is 2. The van der Waals surface area contributed by atoms with E-state index < -0.39 is 0 Å². The van der Waals surface area contributed by atoms with Crippen LogP contribution in [-0.2, 0) is 13.1 Å². The van der Waals surface area contributed by atoms with Crippen LogP contribution < -0.4 is 9.47 Å². The lowest BCUT2D eigenvalue weighted by Crippen LogP contribution is -2.06. The third-order valence-electron chi connectivity index (χ3n) is 5.29. The number of ether oxygens (including phenoxy) is 2. The van der Waals surface area contributed by atoms with E-state index in [4.69, 9.17) is 9.47 Å². The molecule has 7 nitrogen and oxygen atoms in total. The summed E-state index contributed by atoms with van der Waals surface area (Å²) in [4.78, 5) is 4.10. The molecule has 0 aliphatic carbocycles. The molecule has 0 unspecified atom stereocenters. The van der Waals surface area contributed by atoms with Crippen LogP contribution in [0.4, 0.5) is 0 Å². The van der Waals surface area contributed by atoms with Gasteiger partial charge in [-0.2, -0.15) is 0 Å². The van der Waals surface area contributed by atoms with E-state index in [2.05, 4.69) is 26.3 Å². The Bertz CT molecular complexity index is 1090. The number of nitrogens with zero attached hydrogens (tertiary/aromatic N) is 3. The van der Waals surface area contributed by atoms with Crippen molar-refractivity contribution >= 4 is 0 Å². The van der Waals surface area contributed by atoms with Gasteiger partial charge >= 0.3 is 0 Å². The highest BCUT2D eigenvalue weighted by Gasteiger charge is 2.15. The van der Waals surface area contributed by atoms with Crippen molar-refractivity contribution < 1.29 is 19.7 Å². The summed E-state index contributed by atoms with van der Waals surface area (Å²) in [5.74, 6) is 1.06. The van der Waals surface area contributed by atoms with E-state index in [1.54, 1.807) is 18.3 Å². The molecular weight excluding hydrogens is 394 g/mol. The van der Waals surface area contributed by atoms with Gasteiger partial charge < -0.3 is 28.8 Å². The molecule has 2 N–H and O–H groups in total. The number of imidazole rings is 1. The van der Waals surface area contributed by atoms with Crippen LogP contribution in [0, 0.1) is 0 Å². The Morgan fingerprint density at radius 3 is 1.87 bits per heavy atom. The first-order valence-corrected chi connectivity index (χ1v) is 10.0. The lowest BCUT2D eigenvalue weighted by molar-refractivity contribution is 0.373. The number of aromatic hydroxyl groups is 2. The van der Waals surface area contributed by atoms with E-state index in [1.807, 2.05) is 36.8 Å². The molecule has 4 rings (SSSR count). The van der Waals surface area contributed by atoms with E-state index in [-0.39, 0.29) is 11.5 Å². The Balaban J connectivity index is 1.74. The summed E-state index contributed by atoms with van der Waals surface area (Å²) in [6.45, 7) is 1.61. The average molecular weight is 419 g/mol. The van der Waals surface area contributed by atoms with Gasteiger partial charge in [0.2, 0.25) is 0 Å².